The van der Waals surface area contributed by atoms with E-state index < -0.39 is 0 Å². The molecule has 1 fully saturated rings. The zero-order chi connectivity index (χ0) is 11.1. The Morgan fingerprint density at radius 1 is 1.53 bits per heavy atom. The minimum absolute atomic E-state index is 0.0258. The zero-order valence-corrected chi connectivity index (χ0v) is 9.37. The van der Waals surface area contributed by atoms with Crippen LogP contribution in [0.15, 0.2) is 0 Å². The summed E-state index contributed by atoms with van der Waals surface area (Å²) in [5.41, 5.74) is 5.14. The first-order valence-corrected chi connectivity index (χ1v) is 5.54. The minimum Gasteiger partial charge on any atom is -0.465 e. The van der Waals surface area contributed by atoms with Gasteiger partial charge in [-0.1, -0.05) is 0 Å². The molecule has 1 aliphatic rings. The van der Waals surface area contributed by atoms with Gasteiger partial charge in [-0.05, 0) is 13.3 Å². The van der Waals surface area contributed by atoms with Crippen molar-refractivity contribution in [2.45, 2.75) is 19.4 Å². The predicted molar refractivity (Wildman–Crippen MR) is 58.5 cm³/mol. The molecule has 0 aromatic rings. The molecule has 15 heavy (non-hydrogen) atoms. The third-order valence-electron chi connectivity index (χ3n) is 2.74. The lowest BCUT2D eigenvalue weighted by atomic mass is 10.2. The van der Waals surface area contributed by atoms with Crippen LogP contribution < -0.4 is 11.1 Å². The Balaban J connectivity index is 2.11. The third-order valence-corrected chi connectivity index (χ3v) is 2.74. The SMILES string of the molecule is CC(CCOC(=O)CN)N1CCNCC1. The van der Waals surface area contributed by atoms with Gasteiger partial charge in [0, 0.05) is 32.2 Å². The summed E-state index contributed by atoms with van der Waals surface area (Å²) in [6.45, 7) is 6.86. The molecule has 1 heterocycles. The van der Waals surface area contributed by atoms with Crippen molar-refractivity contribution < 1.29 is 9.53 Å². The summed E-state index contributed by atoms with van der Waals surface area (Å²) in [6, 6.07) is 0.470. The lowest BCUT2D eigenvalue weighted by molar-refractivity contribution is -0.142. The lowest BCUT2D eigenvalue weighted by Gasteiger charge is -2.32. The summed E-state index contributed by atoms with van der Waals surface area (Å²) < 4.78 is 4.95. The van der Waals surface area contributed by atoms with Gasteiger partial charge in [-0.25, -0.2) is 0 Å². The Morgan fingerprint density at radius 3 is 2.80 bits per heavy atom. The van der Waals surface area contributed by atoms with E-state index in [4.69, 9.17) is 10.5 Å². The normalized spacial score (nSPS) is 19.9. The van der Waals surface area contributed by atoms with E-state index >= 15 is 0 Å². The van der Waals surface area contributed by atoms with Crippen molar-refractivity contribution in [3.8, 4) is 0 Å². The molecule has 1 unspecified atom stereocenters. The first kappa shape index (κ1) is 12.4. The molecule has 0 aliphatic carbocycles. The predicted octanol–water partition coefficient (Wildman–Crippen LogP) is -0.828. The Labute approximate surface area is 90.9 Å². The molecule has 0 spiro atoms. The molecular formula is C10H21N3O2. The van der Waals surface area contributed by atoms with Gasteiger partial charge in [-0.3, -0.25) is 9.69 Å². The van der Waals surface area contributed by atoms with Crippen molar-refractivity contribution in [2.75, 3.05) is 39.3 Å². The van der Waals surface area contributed by atoms with E-state index in [2.05, 4.69) is 17.1 Å². The highest BCUT2D eigenvalue weighted by atomic mass is 16.5. The highest BCUT2D eigenvalue weighted by Gasteiger charge is 2.16. The van der Waals surface area contributed by atoms with E-state index in [0.717, 1.165) is 32.6 Å². The van der Waals surface area contributed by atoms with Crippen molar-refractivity contribution in [2.24, 2.45) is 5.73 Å². The fourth-order valence-electron chi connectivity index (χ4n) is 1.71. The number of nitrogens with zero attached hydrogens (tertiary/aromatic N) is 1. The highest BCUT2D eigenvalue weighted by Crippen LogP contribution is 2.05. The van der Waals surface area contributed by atoms with Crippen molar-refractivity contribution in [1.29, 1.82) is 0 Å². The number of nitrogens with two attached hydrogens (primary N) is 1. The van der Waals surface area contributed by atoms with E-state index in [-0.39, 0.29) is 12.5 Å². The summed E-state index contributed by atoms with van der Waals surface area (Å²) in [7, 11) is 0. The second-order valence-electron chi connectivity index (χ2n) is 3.85. The van der Waals surface area contributed by atoms with Crippen molar-refractivity contribution in [1.82, 2.24) is 10.2 Å². The van der Waals surface area contributed by atoms with Crippen LogP contribution >= 0.6 is 0 Å². The van der Waals surface area contributed by atoms with E-state index in [1.807, 2.05) is 0 Å². The largest absolute Gasteiger partial charge is 0.465 e. The van der Waals surface area contributed by atoms with Crippen LogP contribution in [-0.4, -0.2) is 56.2 Å². The number of hydrogen-bond acceptors (Lipinski definition) is 5. The van der Waals surface area contributed by atoms with Crippen molar-refractivity contribution in [3.05, 3.63) is 0 Å². The van der Waals surface area contributed by atoms with Crippen LogP contribution in [0.25, 0.3) is 0 Å². The smallest absolute Gasteiger partial charge is 0.319 e. The summed E-state index contributed by atoms with van der Waals surface area (Å²) in [4.78, 5) is 13.2. The van der Waals surface area contributed by atoms with Gasteiger partial charge in [0.25, 0.3) is 0 Å². The summed E-state index contributed by atoms with van der Waals surface area (Å²) in [5.74, 6) is -0.317. The molecule has 1 saturated heterocycles. The molecule has 0 aromatic carbocycles. The van der Waals surface area contributed by atoms with Crippen LogP contribution in [0.2, 0.25) is 0 Å². The van der Waals surface area contributed by atoms with Crippen LogP contribution in [0.5, 0.6) is 0 Å². The number of rotatable bonds is 5. The van der Waals surface area contributed by atoms with Gasteiger partial charge >= 0.3 is 5.97 Å². The summed E-state index contributed by atoms with van der Waals surface area (Å²) >= 11 is 0. The maximum atomic E-state index is 10.8. The Hall–Kier alpha value is -0.650. The molecule has 0 bridgehead atoms. The van der Waals surface area contributed by atoms with Crippen LogP contribution in [-0.2, 0) is 9.53 Å². The quantitative estimate of drug-likeness (QED) is 0.586. The number of hydrogen-bond donors (Lipinski definition) is 2. The molecular weight excluding hydrogens is 194 g/mol. The lowest BCUT2D eigenvalue weighted by Crippen LogP contribution is -2.47. The van der Waals surface area contributed by atoms with E-state index in [1.54, 1.807) is 0 Å². The van der Waals surface area contributed by atoms with Gasteiger partial charge < -0.3 is 15.8 Å². The number of carbonyl (C=O) groups excluding carboxylic acids is 1. The molecule has 5 nitrogen and oxygen atoms in total. The second-order valence-corrected chi connectivity index (χ2v) is 3.85. The van der Waals surface area contributed by atoms with Gasteiger partial charge in [0.2, 0.25) is 0 Å². The molecule has 88 valence electrons. The summed E-state index contributed by atoms with van der Waals surface area (Å²) in [6.07, 6.45) is 0.881. The van der Waals surface area contributed by atoms with Crippen molar-refractivity contribution in [3.63, 3.8) is 0 Å². The van der Waals surface area contributed by atoms with E-state index in [0.29, 0.717) is 12.6 Å². The second kappa shape index (κ2) is 6.76. The zero-order valence-electron chi connectivity index (χ0n) is 9.37. The van der Waals surface area contributed by atoms with Crippen LogP contribution in [0.1, 0.15) is 13.3 Å². The van der Waals surface area contributed by atoms with Gasteiger partial charge in [0.1, 0.15) is 0 Å². The van der Waals surface area contributed by atoms with Crippen LogP contribution in [0, 0.1) is 0 Å². The maximum Gasteiger partial charge on any atom is 0.319 e. The van der Waals surface area contributed by atoms with Gasteiger partial charge in [-0.15, -0.1) is 0 Å². The molecule has 1 aliphatic heterocycles. The highest BCUT2D eigenvalue weighted by molar-refractivity contribution is 5.71. The molecule has 0 saturated carbocycles. The Kier molecular flexibility index (Phi) is 5.60. The fraction of sp³-hybridized carbons (Fsp3) is 0.900. The van der Waals surface area contributed by atoms with Crippen LogP contribution in [0.4, 0.5) is 0 Å². The molecule has 0 aromatic heterocycles. The number of piperazine rings is 1. The average Bonchev–Trinajstić information content (AvgIpc) is 2.29. The van der Waals surface area contributed by atoms with Gasteiger partial charge in [0.15, 0.2) is 0 Å². The standard InChI is InChI=1S/C10H21N3O2/c1-9(2-7-15-10(14)8-11)13-5-3-12-4-6-13/h9,12H,2-8,11H2,1H3. The first-order valence-electron chi connectivity index (χ1n) is 5.54. The molecule has 1 atom stereocenters. The van der Waals surface area contributed by atoms with Crippen LogP contribution in [0.3, 0.4) is 0 Å². The summed E-state index contributed by atoms with van der Waals surface area (Å²) in [5, 5.41) is 3.31. The monoisotopic (exact) mass is 215 g/mol. The topological polar surface area (TPSA) is 67.6 Å². The van der Waals surface area contributed by atoms with Gasteiger partial charge in [-0.2, -0.15) is 0 Å². The minimum atomic E-state index is -0.317. The van der Waals surface area contributed by atoms with Gasteiger partial charge in [0.05, 0.1) is 13.2 Å². The molecule has 0 amide bonds. The number of carbonyl (C=O) groups is 1. The number of esters is 1. The third kappa shape index (κ3) is 4.59. The Bertz CT molecular complexity index is 193. The fourth-order valence-corrected chi connectivity index (χ4v) is 1.71. The number of ether oxygens (including phenoxy) is 1. The molecule has 1 rings (SSSR count). The average molecular weight is 215 g/mol. The molecule has 3 N–H and O–H groups in total. The van der Waals surface area contributed by atoms with E-state index in [9.17, 15) is 4.79 Å². The number of nitrogens with one attached hydrogen (secondary N) is 1. The van der Waals surface area contributed by atoms with Crippen molar-refractivity contribution >= 4 is 5.97 Å². The molecule has 0 radical (unpaired) electrons. The Morgan fingerprint density at radius 2 is 2.20 bits per heavy atom. The maximum absolute atomic E-state index is 10.8. The van der Waals surface area contributed by atoms with E-state index in [1.165, 1.54) is 0 Å². The first-order chi connectivity index (χ1) is 7.24. The molecule has 5 heteroatoms.